The van der Waals surface area contributed by atoms with Crippen molar-refractivity contribution in [3.05, 3.63) is 47.0 Å². The summed E-state index contributed by atoms with van der Waals surface area (Å²) in [4.78, 5) is 10.2. The summed E-state index contributed by atoms with van der Waals surface area (Å²) >= 11 is 0. The predicted octanol–water partition coefficient (Wildman–Crippen LogP) is 4.20. The zero-order valence-electron chi connectivity index (χ0n) is 11.6. The molecular weight excluding hydrogens is 234 g/mol. The van der Waals surface area contributed by atoms with Gasteiger partial charge in [-0.25, -0.2) is 0 Å². The average molecular weight is 255 g/mol. The van der Waals surface area contributed by atoms with E-state index in [-0.39, 0.29) is 0 Å². The summed E-state index contributed by atoms with van der Waals surface area (Å²) in [5.41, 5.74) is 3.38. The first-order chi connectivity index (χ1) is 9.26. The summed E-state index contributed by atoms with van der Waals surface area (Å²) in [6.07, 6.45) is 9.16. The minimum atomic E-state index is 0.679. The van der Waals surface area contributed by atoms with Crippen LogP contribution in [0.5, 0.6) is 0 Å². The molecule has 0 bridgehead atoms. The van der Waals surface area contributed by atoms with Gasteiger partial charge in [-0.2, -0.15) is 5.26 Å². The number of rotatable bonds is 8. The number of hydrogen-bond acceptors (Lipinski definition) is 2. The van der Waals surface area contributed by atoms with Gasteiger partial charge in [0, 0.05) is 6.42 Å². The van der Waals surface area contributed by atoms with Gasteiger partial charge < -0.3 is 4.79 Å². The number of allylic oxidation sites excluding steroid dienone is 2. The molecule has 0 aliphatic heterocycles. The quantitative estimate of drug-likeness (QED) is 0.397. The smallest absolute Gasteiger partial charge is 0.119 e. The van der Waals surface area contributed by atoms with Gasteiger partial charge in [0.25, 0.3) is 0 Å². The zero-order chi connectivity index (χ0) is 13.9. The predicted molar refractivity (Wildman–Crippen MR) is 77.8 cm³/mol. The van der Waals surface area contributed by atoms with Crippen LogP contribution in [0, 0.1) is 11.3 Å². The van der Waals surface area contributed by atoms with Crippen molar-refractivity contribution in [2.75, 3.05) is 0 Å². The molecule has 2 nitrogen and oxygen atoms in total. The van der Waals surface area contributed by atoms with E-state index in [1.165, 1.54) is 11.1 Å². The molecule has 2 heteroatoms. The van der Waals surface area contributed by atoms with Crippen LogP contribution >= 0.6 is 0 Å². The maximum Gasteiger partial charge on any atom is 0.119 e. The molecule has 19 heavy (non-hydrogen) atoms. The van der Waals surface area contributed by atoms with Crippen LogP contribution in [-0.4, -0.2) is 6.29 Å². The highest BCUT2D eigenvalue weighted by Gasteiger charge is 1.95. The van der Waals surface area contributed by atoms with Crippen molar-refractivity contribution in [2.24, 2.45) is 0 Å². The van der Waals surface area contributed by atoms with E-state index in [1.807, 2.05) is 24.3 Å². The third-order valence-electron chi connectivity index (χ3n) is 3.15. The molecule has 1 rings (SSSR count). The normalized spacial score (nSPS) is 11.1. The molecule has 0 saturated carbocycles. The lowest BCUT2D eigenvalue weighted by Crippen LogP contribution is -1.86. The van der Waals surface area contributed by atoms with Gasteiger partial charge in [0.1, 0.15) is 6.29 Å². The van der Waals surface area contributed by atoms with Crippen LogP contribution in [0.1, 0.15) is 50.2 Å². The lowest BCUT2D eigenvalue weighted by Gasteiger charge is -2.02. The van der Waals surface area contributed by atoms with Gasteiger partial charge in [-0.05, 0) is 56.7 Å². The number of aryl methyl sites for hydroxylation is 1. The van der Waals surface area contributed by atoms with E-state index in [0.29, 0.717) is 12.0 Å². The van der Waals surface area contributed by atoms with Crippen molar-refractivity contribution in [1.29, 1.82) is 5.26 Å². The molecule has 0 aliphatic rings. The Kier molecular flexibility index (Phi) is 7.27. The van der Waals surface area contributed by atoms with Gasteiger partial charge in [-0.3, -0.25) is 0 Å². The SMILES string of the molecule is CC(=CCCc1ccc(C#N)cc1)CCCCC=O. The highest BCUT2D eigenvalue weighted by molar-refractivity contribution is 5.48. The average Bonchev–Trinajstić information content (AvgIpc) is 2.44. The van der Waals surface area contributed by atoms with E-state index in [0.717, 1.165) is 38.4 Å². The highest BCUT2D eigenvalue weighted by Crippen LogP contribution is 2.11. The summed E-state index contributed by atoms with van der Waals surface area (Å²) in [5, 5.41) is 8.72. The second-order valence-corrected chi connectivity index (χ2v) is 4.81. The first-order valence-electron chi connectivity index (χ1n) is 6.84. The second kappa shape index (κ2) is 9.10. The molecule has 0 saturated heterocycles. The van der Waals surface area contributed by atoms with Crippen LogP contribution in [0.25, 0.3) is 0 Å². The Labute approximate surface area is 115 Å². The molecule has 0 fully saturated rings. The van der Waals surface area contributed by atoms with Gasteiger partial charge in [0.15, 0.2) is 0 Å². The zero-order valence-corrected chi connectivity index (χ0v) is 11.6. The number of aldehydes is 1. The highest BCUT2D eigenvalue weighted by atomic mass is 16.1. The Morgan fingerprint density at radius 3 is 2.58 bits per heavy atom. The van der Waals surface area contributed by atoms with Crippen molar-refractivity contribution < 1.29 is 4.79 Å². The summed E-state index contributed by atoms with van der Waals surface area (Å²) in [5.74, 6) is 0. The molecule has 0 heterocycles. The van der Waals surface area contributed by atoms with E-state index in [1.54, 1.807) is 0 Å². The fraction of sp³-hybridized carbons (Fsp3) is 0.412. The van der Waals surface area contributed by atoms with Crippen molar-refractivity contribution in [1.82, 2.24) is 0 Å². The number of nitriles is 1. The van der Waals surface area contributed by atoms with E-state index in [4.69, 9.17) is 5.26 Å². The maximum absolute atomic E-state index is 10.2. The Morgan fingerprint density at radius 1 is 1.21 bits per heavy atom. The van der Waals surface area contributed by atoms with Crippen molar-refractivity contribution in [3.8, 4) is 6.07 Å². The monoisotopic (exact) mass is 255 g/mol. The summed E-state index contributed by atoms with van der Waals surface area (Å²) in [6, 6.07) is 9.90. The molecule has 0 radical (unpaired) electrons. The van der Waals surface area contributed by atoms with Crippen LogP contribution < -0.4 is 0 Å². The van der Waals surface area contributed by atoms with Gasteiger partial charge in [-0.1, -0.05) is 23.8 Å². The van der Waals surface area contributed by atoms with Crippen LogP contribution in [0.4, 0.5) is 0 Å². The van der Waals surface area contributed by atoms with Crippen LogP contribution in [0.3, 0.4) is 0 Å². The molecular formula is C17H21NO. The topological polar surface area (TPSA) is 40.9 Å². The largest absolute Gasteiger partial charge is 0.303 e. The number of benzene rings is 1. The molecule has 0 spiro atoms. The van der Waals surface area contributed by atoms with Gasteiger partial charge in [0.05, 0.1) is 11.6 Å². The molecule has 1 aromatic carbocycles. The molecule has 0 N–H and O–H groups in total. The molecule has 0 atom stereocenters. The lowest BCUT2D eigenvalue weighted by atomic mass is 10.0. The fourth-order valence-corrected chi connectivity index (χ4v) is 1.96. The molecule has 1 aromatic rings. The minimum absolute atomic E-state index is 0.679. The summed E-state index contributed by atoms with van der Waals surface area (Å²) < 4.78 is 0. The number of hydrogen-bond donors (Lipinski definition) is 0. The number of nitrogens with zero attached hydrogens (tertiary/aromatic N) is 1. The number of carbonyl (C=O) groups excluding carboxylic acids is 1. The first kappa shape index (κ1) is 15.2. The van der Waals surface area contributed by atoms with Crippen molar-refractivity contribution in [2.45, 2.75) is 45.4 Å². The second-order valence-electron chi connectivity index (χ2n) is 4.81. The van der Waals surface area contributed by atoms with E-state index < -0.39 is 0 Å². The van der Waals surface area contributed by atoms with E-state index in [9.17, 15) is 4.79 Å². The van der Waals surface area contributed by atoms with Crippen molar-refractivity contribution in [3.63, 3.8) is 0 Å². The van der Waals surface area contributed by atoms with E-state index >= 15 is 0 Å². The molecule has 0 amide bonds. The third-order valence-corrected chi connectivity index (χ3v) is 3.15. The van der Waals surface area contributed by atoms with Crippen LogP contribution in [0.2, 0.25) is 0 Å². The van der Waals surface area contributed by atoms with E-state index in [2.05, 4.69) is 19.1 Å². The lowest BCUT2D eigenvalue weighted by molar-refractivity contribution is -0.107. The fourth-order valence-electron chi connectivity index (χ4n) is 1.96. The summed E-state index contributed by atoms with van der Waals surface area (Å²) in [7, 11) is 0. The van der Waals surface area contributed by atoms with Crippen molar-refractivity contribution >= 4 is 6.29 Å². The van der Waals surface area contributed by atoms with Gasteiger partial charge >= 0.3 is 0 Å². The Hall–Kier alpha value is -1.88. The Balaban J connectivity index is 2.27. The molecule has 100 valence electrons. The maximum atomic E-state index is 10.2. The number of carbonyl (C=O) groups is 1. The number of unbranched alkanes of at least 4 members (excludes halogenated alkanes) is 2. The third kappa shape index (κ3) is 6.57. The standard InChI is InChI=1S/C17H21NO/c1-15(6-3-2-4-13-19)7-5-8-16-9-11-17(14-18)12-10-16/h7,9-13H,2-6,8H2,1H3. The molecule has 0 unspecified atom stereocenters. The molecule has 0 aromatic heterocycles. The first-order valence-corrected chi connectivity index (χ1v) is 6.84. The van der Waals surface area contributed by atoms with Crippen LogP contribution in [-0.2, 0) is 11.2 Å². The van der Waals surface area contributed by atoms with Gasteiger partial charge in [0.2, 0.25) is 0 Å². The molecule has 0 aliphatic carbocycles. The minimum Gasteiger partial charge on any atom is -0.303 e. The van der Waals surface area contributed by atoms with Gasteiger partial charge in [-0.15, -0.1) is 0 Å². The Bertz CT molecular complexity index is 451. The van der Waals surface area contributed by atoms with Crippen LogP contribution in [0.15, 0.2) is 35.9 Å². The summed E-state index contributed by atoms with van der Waals surface area (Å²) in [6.45, 7) is 2.15. The Morgan fingerprint density at radius 2 is 1.95 bits per heavy atom.